The number of ether oxygens (including phenoxy) is 1. The summed E-state index contributed by atoms with van der Waals surface area (Å²) in [6.07, 6.45) is 14.7. The number of rotatable bonds is 17. The molecule has 0 aromatic heterocycles. The summed E-state index contributed by atoms with van der Waals surface area (Å²) in [5.74, 6) is -0.753. The zero-order chi connectivity index (χ0) is 20.6. The summed E-state index contributed by atoms with van der Waals surface area (Å²) in [6, 6.07) is -0.403. The van der Waals surface area contributed by atoms with Crippen molar-refractivity contribution in [3.05, 3.63) is 11.6 Å². The Labute approximate surface area is 169 Å². The Kier molecular flexibility index (Phi) is 13.3. The van der Waals surface area contributed by atoms with Gasteiger partial charge < -0.3 is 20.0 Å². The standard InChI is InChI=1S/C22H37NO5/c1-2-3-4-5-6-7-8-9-10-11-14-19(18-17-21(26)28-22(18)27)23-20(25)15-12-13-16-24/h16-17,19,22,27H,2-15H2,1H3,(H,23,25). The molecule has 2 unspecified atom stereocenters. The molecule has 0 aromatic carbocycles. The van der Waals surface area contributed by atoms with Gasteiger partial charge in [0.25, 0.3) is 0 Å². The number of hydrogen-bond donors (Lipinski definition) is 2. The molecular weight excluding hydrogens is 358 g/mol. The second kappa shape index (κ2) is 15.3. The summed E-state index contributed by atoms with van der Waals surface area (Å²) in [4.78, 5) is 33.9. The summed E-state index contributed by atoms with van der Waals surface area (Å²) < 4.78 is 4.76. The van der Waals surface area contributed by atoms with Crippen LogP contribution in [0.2, 0.25) is 0 Å². The van der Waals surface area contributed by atoms with Gasteiger partial charge in [-0.1, -0.05) is 71.1 Å². The Hall–Kier alpha value is -1.69. The molecule has 0 bridgehead atoms. The molecular formula is C22H37NO5. The van der Waals surface area contributed by atoms with E-state index in [0.717, 1.165) is 25.5 Å². The van der Waals surface area contributed by atoms with Crippen LogP contribution in [0.15, 0.2) is 11.6 Å². The molecule has 0 aliphatic carbocycles. The Morgan fingerprint density at radius 3 is 2.25 bits per heavy atom. The Balaban J connectivity index is 2.32. The number of amides is 1. The maximum atomic E-state index is 12.1. The second-order valence-corrected chi connectivity index (χ2v) is 7.58. The first-order valence-corrected chi connectivity index (χ1v) is 10.9. The first kappa shape index (κ1) is 24.3. The lowest BCUT2D eigenvalue weighted by Gasteiger charge is -2.21. The largest absolute Gasteiger partial charge is 0.429 e. The van der Waals surface area contributed by atoms with Crippen LogP contribution in [0.1, 0.15) is 96.8 Å². The summed E-state index contributed by atoms with van der Waals surface area (Å²) in [5.41, 5.74) is 0.421. The van der Waals surface area contributed by atoms with Crippen molar-refractivity contribution in [2.24, 2.45) is 0 Å². The minimum Gasteiger partial charge on any atom is -0.429 e. The zero-order valence-corrected chi connectivity index (χ0v) is 17.3. The molecule has 0 fully saturated rings. The van der Waals surface area contributed by atoms with Crippen molar-refractivity contribution in [3.63, 3.8) is 0 Å². The van der Waals surface area contributed by atoms with Gasteiger partial charge in [0.05, 0.1) is 6.04 Å². The quantitative estimate of drug-likeness (QED) is 0.221. The predicted octanol–water partition coefficient (Wildman–Crippen LogP) is 3.95. The van der Waals surface area contributed by atoms with E-state index >= 15 is 0 Å². The van der Waals surface area contributed by atoms with Crippen LogP contribution in [0.3, 0.4) is 0 Å². The lowest BCUT2D eigenvalue weighted by molar-refractivity contribution is -0.151. The molecule has 2 atom stereocenters. The maximum absolute atomic E-state index is 12.1. The molecule has 160 valence electrons. The monoisotopic (exact) mass is 395 g/mol. The van der Waals surface area contributed by atoms with Crippen molar-refractivity contribution in [3.8, 4) is 0 Å². The molecule has 1 amide bonds. The third-order valence-electron chi connectivity index (χ3n) is 5.11. The van der Waals surface area contributed by atoms with Crippen LogP contribution in [0.4, 0.5) is 0 Å². The molecule has 28 heavy (non-hydrogen) atoms. The highest BCUT2D eigenvalue weighted by Crippen LogP contribution is 2.22. The van der Waals surface area contributed by atoms with Gasteiger partial charge >= 0.3 is 5.97 Å². The molecule has 2 N–H and O–H groups in total. The van der Waals surface area contributed by atoms with Crippen LogP contribution in [-0.2, 0) is 19.1 Å². The molecule has 0 radical (unpaired) electrons. The number of aldehydes is 1. The summed E-state index contributed by atoms with van der Waals surface area (Å²) in [5, 5.41) is 12.8. The molecule has 1 aliphatic rings. The maximum Gasteiger partial charge on any atom is 0.333 e. The van der Waals surface area contributed by atoms with Crippen molar-refractivity contribution in [2.75, 3.05) is 0 Å². The van der Waals surface area contributed by atoms with Crippen molar-refractivity contribution in [1.29, 1.82) is 0 Å². The first-order valence-electron chi connectivity index (χ1n) is 10.9. The van der Waals surface area contributed by atoms with Crippen LogP contribution < -0.4 is 5.32 Å². The highest BCUT2D eigenvalue weighted by atomic mass is 16.6. The number of carbonyl (C=O) groups is 3. The highest BCUT2D eigenvalue weighted by molar-refractivity contribution is 5.86. The minimum absolute atomic E-state index is 0.175. The normalized spacial score (nSPS) is 17.1. The molecule has 6 heteroatoms. The number of nitrogens with one attached hydrogen (secondary N) is 1. The van der Waals surface area contributed by atoms with Gasteiger partial charge in [-0.2, -0.15) is 0 Å². The second-order valence-electron chi connectivity index (χ2n) is 7.58. The van der Waals surface area contributed by atoms with Crippen LogP contribution >= 0.6 is 0 Å². The molecule has 0 saturated heterocycles. The van der Waals surface area contributed by atoms with E-state index in [9.17, 15) is 19.5 Å². The number of cyclic esters (lactones) is 1. The minimum atomic E-state index is -1.28. The van der Waals surface area contributed by atoms with Gasteiger partial charge in [-0.25, -0.2) is 4.79 Å². The van der Waals surface area contributed by atoms with E-state index < -0.39 is 18.3 Å². The number of unbranched alkanes of at least 4 members (excludes halogenated alkanes) is 10. The fourth-order valence-electron chi connectivity index (χ4n) is 3.46. The average Bonchev–Trinajstić information content (AvgIpc) is 3.00. The van der Waals surface area contributed by atoms with Crippen LogP contribution in [0.5, 0.6) is 0 Å². The van der Waals surface area contributed by atoms with E-state index in [1.54, 1.807) is 0 Å². The SMILES string of the molecule is CCCCCCCCCCCCC(NC(=O)CCCC=O)C1=CC(=O)OC1O. The topological polar surface area (TPSA) is 92.7 Å². The number of esters is 1. The van der Waals surface area contributed by atoms with E-state index in [4.69, 9.17) is 4.74 Å². The fraction of sp³-hybridized carbons (Fsp3) is 0.773. The van der Waals surface area contributed by atoms with E-state index in [2.05, 4.69) is 12.2 Å². The third kappa shape index (κ3) is 10.6. The Morgan fingerprint density at radius 1 is 1.11 bits per heavy atom. The summed E-state index contributed by atoms with van der Waals surface area (Å²) in [6.45, 7) is 2.23. The fourth-order valence-corrected chi connectivity index (χ4v) is 3.46. The van der Waals surface area contributed by atoms with Crippen molar-refractivity contribution < 1.29 is 24.2 Å². The lowest BCUT2D eigenvalue weighted by Crippen LogP contribution is -2.38. The summed E-state index contributed by atoms with van der Waals surface area (Å²) >= 11 is 0. The van der Waals surface area contributed by atoms with Gasteiger partial charge in [0.15, 0.2) is 0 Å². The van der Waals surface area contributed by atoms with E-state index in [1.807, 2.05) is 0 Å². The Morgan fingerprint density at radius 2 is 1.71 bits per heavy atom. The number of aliphatic hydroxyl groups is 1. The van der Waals surface area contributed by atoms with Gasteiger partial charge in [0.2, 0.25) is 12.2 Å². The third-order valence-corrected chi connectivity index (χ3v) is 5.11. The lowest BCUT2D eigenvalue weighted by atomic mass is 9.98. The molecule has 0 aromatic rings. The molecule has 0 saturated carbocycles. The predicted molar refractivity (Wildman–Crippen MR) is 108 cm³/mol. The molecule has 1 aliphatic heterocycles. The van der Waals surface area contributed by atoms with Gasteiger partial charge in [0.1, 0.15) is 6.29 Å². The highest BCUT2D eigenvalue weighted by Gasteiger charge is 2.30. The van der Waals surface area contributed by atoms with Crippen molar-refractivity contribution in [1.82, 2.24) is 5.32 Å². The first-order chi connectivity index (χ1) is 13.6. The van der Waals surface area contributed by atoms with Gasteiger partial charge in [0, 0.05) is 24.5 Å². The average molecular weight is 396 g/mol. The summed E-state index contributed by atoms with van der Waals surface area (Å²) in [7, 11) is 0. The van der Waals surface area contributed by atoms with E-state index in [1.165, 1.54) is 51.0 Å². The molecule has 1 heterocycles. The zero-order valence-electron chi connectivity index (χ0n) is 17.3. The van der Waals surface area contributed by atoms with Crippen LogP contribution in [-0.4, -0.2) is 35.6 Å². The van der Waals surface area contributed by atoms with Gasteiger partial charge in [-0.15, -0.1) is 0 Å². The number of aliphatic hydroxyl groups excluding tert-OH is 1. The van der Waals surface area contributed by atoms with Crippen molar-refractivity contribution in [2.45, 2.75) is 109 Å². The van der Waals surface area contributed by atoms with Crippen molar-refractivity contribution >= 4 is 18.2 Å². The van der Waals surface area contributed by atoms with Crippen LogP contribution in [0, 0.1) is 0 Å². The van der Waals surface area contributed by atoms with Crippen LogP contribution in [0.25, 0.3) is 0 Å². The number of carbonyl (C=O) groups excluding carboxylic acids is 3. The van der Waals surface area contributed by atoms with E-state index in [0.29, 0.717) is 24.8 Å². The smallest absolute Gasteiger partial charge is 0.333 e. The Bertz CT molecular complexity index is 503. The van der Waals surface area contributed by atoms with Gasteiger partial charge in [-0.05, 0) is 12.8 Å². The molecule has 6 nitrogen and oxygen atoms in total. The van der Waals surface area contributed by atoms with E-state index in [-0.39, 0.29) is 12.3 Å². The number of hydrogen-bond acceptors (Lipinski definition) is 5. The van der Waals surface area contributed by atoms with Gasteiger partial charge in [-0.3, -0.25) is 4.79 Å². The molecule has 0 spiro atoms. The molecule has 1 rings (SSSR count).